The number of nitrogens with zero attached hydrogens (tertiary/aromatic N) is 2. The largest absolute Gasteiger partial charge is 0.352 e. The van der Waals surface area contributed by atoms with Gasteiger partial charge in [-0.1, -0.05) is 13.3 Å². The van der Waals surface area contributed by atoms with E-state index in [9.17, 15) is 24.5 Å². The van der Waals surface area contributed by atoms with Crippen LogP contribution in [0.25, 0.3) is 0 Å². The second-order valence-corrected chi connectivity index (χ2v) is 5.44. The summed E-state index contributed by atoms with van der Waals surface area (Å²) in [6.45, 7) is 3.43. The van der Waals surface area contributed by atoms with Crippen molar-refractivity contribution in [3.05, 3.63) is 39.4 Å². The van der Waals surface area contributed by atoms with Gasteiger partial charge in [0.15, 0.2) is 0 Å². The lowest BCUT2D eigenvalue weighted by Crippen LogP contribution is -2.43. The number of non-ortho nitro benzene ring substituents is 1. The van der Waals surface area contributed by atoms with E-state index in [4.69, 9.17) is 0 Å². The molecule has 1 atom stereocenters. The molecule has 0 radical (unpaired) electrons. The summed E-state index contributed by atoms with van der Waals surface area (Å²) in [5, 5.41) is 13.5. The van der Waals surface area contributed by atoms with Crippen LogP contribution in [0, 0.1) is 10.1 Å². The second kappa shape index (κ2) is 6.55. The Hall–Kier alpha value is -2.77. The van der Waals surface area contributed by atoms with Crippen LogP contribution in [-0.2, 0) is 4.79 Å². The summed E-state index contributed by atoms with van der Waals surface area (Å²) in [6.07, 6.45) is 1.69. The van der Waals surface area contributed by atoms with Crippen molar-refractivity contribution in [2.24, 2.45) is 0 Å². The fraction of sp³-hybridized carbons (Fsp3) is 0.400. The number of amides is 3. The molecule has 1 N–H and O–H groups in total. The van der Waals surface area contributed by atoms with Gasteiger partial charge in [0.2, 0.25) is 5.91 Å². The number of fused-ring (bicyclic) bond motifs is 1. The van der Waals surface area contributed by atoms with Crippen LogP contribution in [0.5, 0.6) is 0 Å². The standard InChI is InChI=1S/C15H17N3O5/c1-3-4-9(2)16-13(19)8-17-14(20)11-6-5-10(18(22)23)7-12(11)15(17)21/h5-7,9H,3-4,8H2,1-2H3,(H,16,19)/t9-/m0/s1. The number of rotatable bonds is 6. The Bertz CT molecular complexity index is 686. The van der Waals surface area contributed by atoms with E-state index in [1.54, 1.807) is 0 Å². The predicted octanol–water partition coefficient (Wildman–Crippen LogP) is 1.50. The van der Waals surface area contributed by atoms with Crippen molar-refractivity contribution in [2.45, 2.75) is 32.7 Å². The Morgan fingerprint density at radius 2 is 1.96 bits per heavy atom. The molecule has 0 saturated heterocycles. The van der Waals surface area contributed by atoms with E-state index in [1.165, 1.54) is 6.07 Å². The number of nitrogens with one attached hydrogen (secondary N) is 1. The van der Waals surface area contributed by atoms with Crippen molar-refractivity contribution in [3.63, 3.8) is 0 Å². The van der Waals surface area contributed by atoms with Gasteiger partial charge < -0.3 is 5.32 Å². The highest BCUT2D eigenvalue weighted by molar-refractivity contribution is 6.22. The molecule has 122 valence electrons. The van der Waals surface area contributed by atoms with Crippen molar-refractivity contribution in [1.29, 1.82) is 0 Å². The maximum atomic E-state index is 12.2. The lowest BCUT2D eigenvalue weighted by atomic mass is 10.1. The number of carbonyl (C=O) groups is 3. The van der Waals surface area contributed by atoms with Gasteiger partial charge in [-0.05, 0) is 19.4 Å². The van der Waals surface area contributed by atoms with Gasteiger partial charge in [0, 0.05) is 18.2 Å². The minimum atomic E-state index is -0.688. The fourth-order valence-electron chi connectivity index (χ4n) is 2.51. The van der Waals surface area contributed by atoms with Crippen LogP contribution in [0.4, 0.5) is 5.69 Å². The van der Waals surface area contributed by atoms with Crippen molar-refractivity contribution < 1.29 is 19.3 Å². The van der Waals surface area contributed by atoms with Crippen molar-refractivity contribution in [2.75, 3.05) is 6.54 Å². The molecule has 0 aromatic heterocycles. The molecule has 1 aromatic rings. The SMILES string of the molecule is CCC[C@H](C)NC(=O)CN1C(=O)c2ccc([N+](=O)[O-])cc2C1=O. The first-order valence-electron chi connectivity index (χ1n) is 7.29. The molecule has 1 aliphatic heterocycles. The molecule has 8 heteroatoms. The summed E-state index contributed by atoms with van der Waals surface area (Å²) in [5.41, 5.74) is -0.235. The van der Waals surface area contributed by atoms with Gasteiger partial charge in [0.1, 0.15) is 6.54 Å². The molecule has 1 heterocycles. The number of nitro benzene ring substituents is 1. The van der Waals surface area contributed by atoms with E-state index >= 15 is 0 Å². The third-order valence-corrected chi connectivity index (χ3v) is 3.60. The number of nitro groups is 1. The minimum absolute atomic E-state index is 0.0430. The number of imide groups is 1. The normalized spacial score (nSPS) is 14.6. The monoisotopic (exact) mass is 319 g/mol. The zero-order valence-electron chi connectivity index (χ0n) is 12.9. The first-order chi connectivity index (χ1) is 10.8. The van der Waals surface area contributed by atoms with E-state index in [0.29, 0.717) is 0 Å². The summed E-state index contributed by atoms with van der Waals surface area (Å²) >= 11 is 0. The molecule has 3 amide bonds. The molecule has 0 bridgehead atoms. The third kappa shape index (κ3) is 3.36. The fourth-order valence-corrected chi connectivity index (χ4v) is 2.51. The summed E-state index contributed by atoms with van der Waals surface area (Å²) in [5.74, 6) is -1.74. The Morgan fingerprint density at radius 1 is 1.30 bits per heavy atom. The molecule has 1 aromatic carbocycles. The number of carbonyl (C=O) groups excluding carboxylic acids is 3. The number of hydrogen-bond acceptors (Lipinski definition) is 5. The predicted molar refractivity (Wildman–Crippen MR) is 81.0 cm³/mol. The molecule has 0 aliphatic carbocycles. The Labute approximate surface area is 132 Å². The smallest absolute Gasteiger partial charge is 0.270 e. The van der Waals surface area contributed by atoms with Gasteiger partial charge in [-0.15, -0.1) is 0 Å². The molecule has 0 saturated carbocycles. The van der Waals surface area contributed by atoms with Crippen LogP contribution in [-0.4, -0.2) is 40.1 Å². The average Bonchev–Trinajstić information content (AvgIpc) is 2.72. The highest BCUT2D eigenvalue weighted by atomic mass is 16.6. The van der Waals surface area contributed by atoms with E-state index < -0.39 is 29.2 Å². The maximum absolute atomic E-state index is 12.2. The molecule has 1 aliphatic rings. The van der Waals surface area contributed by atoms with E-state index in [2.05, 4.69) is 5.32 Å². The van der Waals surface area contributed by atoms with Gasteiger partial charge in [0.25, 0.3) is 17.5 Å². The number of benzene rings is 1. The molecular formula is C15H17N3O5. The first kappa shape index (κ1) is 16.6. The molecule has 23 heavy (non-hydrogen) atoms. The average molecular weight is 319 g/mol. The summed E-state index contributed by atoms with van der Waals surface area (Å²) in [6, 6.07) is 3.42. The van der Waals surface area contributed by atoms with Crippen LogP contribution in [0.2, 0.25) is 0 Å². The van der Waals surface area contributed by atoms with Crippen LogP contribution in [0.15, 0.2) is 18.2 Å². The summed E-state index contributed by atoms with van der Waals surface area (Å²) in [7, 11) is 0. The summed E-state index contributed by atoms with van der Waals surface area (Å²) in [4.78, 5) is 47.3. The van der Waals surface area contributed by atoms with Crippen molar-refractivity contribution in [3.8, 4) is 0 Å². The molecule has 0 fully saturated rings. The minimum Gasteiger partial charge on any atom is -0.352 e. The topological polar surface area (TPSA) is 110 Å². The zero-order valence-corrected chi connectivity index (χ0v) is 12.9. The van der Waals surface area contributed by atoms with Crippen LogP contribution >= 0.6 is 0 Å². The van der Waals surface area contributed by atoms with E-state index in [1.807, 2.05) is 13.8 Å². The summed E-state index contributed by atoms with van der Waals surface area (Å²) < 4.78 is 0. The molecule has 2 rings (SSSR count). The van der Waals surface area contributed by atoms with E-state index in [-0.39, 0.29) is 22.9 Å². The molecule has 8 nitrogen and oxygen atoms in total. The molecule has 0 spiro atoms. The maximum Gasteiger partial charge on any atom is 0.270 e. The van der Waals surface area contributed by atoms with Gasteiger partial charge in [-0.25, -0.2) is 0 Å². The van der Waals surface area contributed by atoms with Gasteiger partial charge in [0.05, 0.1) is 16.1 Å². The van der Waals surface area contributed by atoms with Gasteiger partial charge in [-0.3, -0.25) is 29.4 Å². The quantitative estimate of drug-likeness (QED) is 0.485. The van der Waals surface area contributed by atoms with Gasteiger partial charge in [-0.2, -0.15) is 0 Å². The Kier molecular flexibility index (Phi) is 4.73. The van der Waals surface area contributed by atoms with Crippen molar-refractivity contribution >= 4 is 23.4 Å². The first-order valence-corrected chi connectivity index (χ1v) is 7.29. The third-order valence-electron chi connectivity index (χ3n) is 3.60. The van der Waals surface area contributed by atoms with Crippen LogP contribution in [0.3, 0.4) is 0 Å². The van der Waals surface area contributed by atoms with Crippen molar-refractivity contribution in [1.82, 2.24) is 10.2 Å². The van der Waals surface area contributed by atoms with Gasteiger partial charge >= 0.3 is 0 Å². The highest BCUT2D eigenvalue weighted by Crippen LogP contribution is 2.26. The molecule has 0 unspecified atom stereocenters. The van der Waals surface area contributed by atoms with Crippen LogP contribution in [0.1, 0.15) is 47.4 Å². The lowest BCUT2D eigenvalue weighted by Gasteiger charge is -2.17. The zero-order chi connectivity index (χ0) is 17.1. The van der Waals surface area contributed by atoms with Crippen LogP contribution < -0.4 is 5.32 Å². The lowest BCUT2D eigenvalue weighted by molar-refractivity contribution is -0.384. The number of hydrogen-bond donors (Lipinski definition) is 1. The Morgan fingerprint density at radius 3 is 2.57 bits per heavy atom. The molecular weight excluding hydrogens is 302 g/mol. The van der Waals surface area contributed by atoms with E-state index in [0.717, 1.165) is 29.9 Å². The highest BCUT2D eigenvalue weighted by Gasteiger charge is 2.37. The Balaban J connectivity index is 2.14. The second-order valence-electron chi connectivity index (χ2n) is 5.44.